The average Bonchev–Trinajstić information content (AvgIpc) is 2.45. The number of alkyl halides is 1. The molecule has 0 heterocycles. The van der Waals surface area contributed by atoms with Crippen LogP contribution in [0.5, 0.6) is 5.75 Å². The van der Waals surface area contributed by atoms with Gasteiger partial charge in [-0.1, -0.05) is 46.3 Å². The van der Waals surface area contributed by atoms with Crippen molar-refractivity contribution in [3.63, 3.8) is 0 Å². The van der Waals surface area contributed by atoms with E-state index in [0.29, 0.717) is 16.6 Å². The third kappa shape index (κ3) is 3.89. The summed E-state index contributed by atoms with van der Waals surface area (Å²) < 4.78 is 5.98. The average molecular weight is 363 g/mol. The second-order valence-corrected chi connectivity index (χ2v) is 6.59. The van der Waals surface area contributed by atoms with Gasteiger partial charge in [0.2, 0.25) is 0 Å². The van der Waals surface area contributed by atoms with Crippen molar-refractivity contribution in [2.45, 2.75) is 31.7 Å². The third-order valence-corrected chi connectivity index (χ3v) is 3.71. The van der Waals surface area contributed by atoms with Gasteiger partial charge in [-0.15, -0.1) is 0 Å². The Bertz CT molecular complexity index is 687. The smallest absolute Gasteiger partial charge is 0.336 e. The number of benzene rings is 2. The van der Waals surface area contributed by atoms with Crippen LogP contribution in [0.2, 0.25) is 0 Å². The monoisotopic (exact) mass is 362 g/mol. The fourth-order valence-electron chi connectivity index (χ4n) is 2.19. The topological polar surface area (TPSA) is 46.5 Å². The van der Waals surface area contributed by atoms with Crippen LogP contribution in [0.15, 0.2) is 42.5 Å². The van der Waals surface area contributed by atoms with Gasteiger partial charge < -0.3 is 9.84 Å². The van der Waals surface area contributed by atoms with E-state index in [1.54, 1.807) is 6.07 Å². The predicted molar refractivity (Wildman–Crippen MR) is 91.8 cm³/mol. The first kappa shape index (κ1) is 16.6. The minimum absolute atomic E-state index is 0.280. The molecule has 0 amide bonds. The summed E-state index contributed by atoms with van der Waals surface area (Å²) in [6.07, 6.45) is 0. The number of rotatable bonds is 4. The highest BCUT2D eigenvalue weighted by molar-refractivity contribution is 9.08. The summed E-state index contributed by atoms with van der Waals surface area (Å²) in [6, 6.07) is 13.0. The van der Waals surface area contributed by atoms with Crippen molar-refractivity contribution in [1.29, 1.82) is 0 Å². The van der Waals surface area contributed by atoms with E-state index >= 15 is 0 Å². The first-order valence-corrected chi connectivity index (χ1v) is 8.14. The molecule has 4 heteroatoms. The zero-order valence-electron chi connectivity index (χ0n) is 12.9. The van der Waals surface area contributed by atoms with E-state index < -0.39 is 5.97 Å². The maximum atomic E-state index is 11.6. The van der Waals surface area contributed by atoms with E-state index in [2.05, 4.69) is 15.9 Å². The molecule has 22 heavy (non-hydrogen) atoms. The molecule has 0 bridgehead atoms. The highest BCUT2D eigenvalue weighted by Crippen LogP contribution is 2.35. The van der Waals surface area contributed by atoms with Crippen LogP contribution in [0, 0.1) is 0 Å². The van der Waals surface area contributed by atoms with Crippen LogP contribution in [0.3, 0.4) is 0 Å². The van der Waals surface area contributed by atoms with E-state index in [9.17, 15) is 9.90 Å². The van der Waals surface area contributed by atoms with Crippen molar-refractivity contribution in [3.8, 4) is 16.9 Å². The summed E-state index contributed by atoms with van der Waals surface area (Å²) in [4.78, 5) is 11.6. The molecular weight excluding hydrogens is 344 g/mol. The van der Waals surface area contributed by atoms with Crippen LogP contribution >= 0.6 is 15.9 Å². The van der Waals surface area contributed by atoms with Gasteiger partial charge in [-0.3, -0.25) is 0 Å². The van der Waals surface area contributed by atoms with Gasteiger partial charge in [0.1, 0.15) is 11.4 Å². The zero-order valence-corrected chi connectivity index (χ0v) is 14.5. The summed E-state index contributed by atoms with van der Waals surface area (Å²) in [7, 11) is 0. The standard InChI is InChI=1S/C18H19BrO3/c1-18(2,3)22-16-7-5-4-6-14(16)13-9-8-12(11-19)10-15(13)17(20)21/h4-10H,11H2,1-3H3,(H,20,21). The van der Waals surface area contributed by atoms with E-state index in [4.69, 9.17) is 4.74 Å². The molecule has 0 fully saturated rings. The van der Waals surface area contributed by atoms with Crippen molar-refractivity contribution >= 4 is 21.9 Å². The number of hydrogen-bond donors (Lipinski definition) is 1. The Hall–Kier alpha value is -1.81. The minimum atomic E-state index is -0.941. The van der Waals surface area contributed by atoms with Crippen LogP contribution in [0.4, 0.5) is 0 Å². The summed E-state index contributed by atoms with van der Waals surface area (Å²) in [5.41, 5.74) is 2.31. The van der Waals surface area contributed by atoms with Gasteiger partial charge in [0, 0.05) is 10.9 Å². The van der Waals surface area contributed by atoms with E-state index in [-0.39, 0.29) is 11.2 Å². The number of aromatic carboxylic acids is 1. The van der Waals surface area contributed by atoms with Gasteiger partial charge in [-0.2, -0.15) is 0 Å². The molecule has 0 aliphatic heterocycles. The molecule has 0 unspecified atom stereocenters. The Labute approximate surface area is 139 Å². The van der Waals surface area contributed by atoms with E-state index in [1.165, 1.54) is 0 Å². The molecule has 2 rings (SSSR count). The molecular formula is C18H19BrO3. The normalized spacial score (nSPS) is 11.3. The zero-order chi connectivity index (χ0) is 16.3. The first-order chi connectivity index (χ1) is 10.3. The Morgan fingerprint density at radius 2 is 1.82 bits per heavy atom. The van der Waals surface area contributed by atoms with Gasteiger partial charge in [0.15, 0.2) is 0 Å². The van der Waals surface area contributed by atoms with Crippen molar-refractivity contribution < 1.29 is 14.6 Å². The van der Waals surface area contributed by atoms with Crippen molar-refractivity contribution in [1.82, 2.24) is 0 Å². The number of carbonyl (C=O) groups is 1. The van der Waals surface area contributed by atoms with Gasteiger partial charge in [0.25, 0.3) is 0 Å². The van der Waals surface area contributed by atoms with Gasteiger partial charge in [-0.25, -0.2) is 4.79 Å². The van der Waals surface area contributed by atoms with Gasteiger partial charge in [0.05, 0.1) is 5.56 Å². The lowest BCUT2D eigenvalue weighted by Gasteiger charge is -2.23. The van der Waals surface area contributed by atoms with Crippen LogP contribution in [-0.4, -0.2) is 16.7 Å². The van der Waals surface area contributed by atoms with Gasteiger partial charge >= 0.3 is 5.97 Å². The molecule has 116 valence electrons. The Balaban J connectivity index is 2.59. The number of carboxylic acids is 1. The quantitative estimate of drug-likeness (QED) is 0.767. The largest absolute Gasteiger partial charge is 0.488 e. The van der Waals surface area contributed by atoms with E-state index in [0.717, 1.165) is 11.1 Å². The summed E-state index contributed by atoms with van der Waals surface area (Å²) >= 11 is 3.36. The molecule has 1 N–H and O–H groups in total. The molecule has 0 radical (unpaired) electrons. The first-order valence-electron chi connectivity index (χ1n) is 7.02. The Morgan fingerprint density at radius 1 is 1.14 bits per heavy atom. The summed E-state index contributed by atoms with van der Waals surface area (Å²) in [6.45, 7) is 5.90. The van der Waals surface area contributed by atoms with Gasteiger partial charge in [-0.05, 0) is 44.0 Å². The molecule has 0 aromatic heterocycles. The second-order valence-electron chi connectivity index (χ2n) is 6.03. The number of halogens is 1. The Kier molecular flexibility index (Phi) is 4.91. The highest BCUT2D eigenvalue weighted by atomic mass is 79.9. The molecule has 0 saturated carbocycles. The molecule has 0 saturated heterocycles. The second kappa shape index (κ2) is 6.53. The fourth-order valence-corrected chi connectivity index (χ4v) is 2.54. The molecule has 0 atom stereocenters. The van der Waals surface area contributed by atoms with Crippen LogP contribution in [0.1, 0.15) is 36.7 Å². The Morgan fingerprint density at radius 3 is 2.41 bits per heavy atom. The van der Waals surface area contributed by atoms with Crippen molar-refractivity contribution in [2.75, 3.05) is 0 Å². The molecule has 2 aromatic carbocycles. The lowest BCUT2D eigenvalue weighted by atomic mass is 9.97. The molecule has 0 aliphatic carbocycles. The predicted octanol–water partition coefficient (Wildman–Crippen LogP) is 5.12. The maximum absolute atomic E-state index is 11.6. The minimum Gasteiger partial charge on any atom is -0.488 e. The van der Waals surface area contributed by atoms with Crippen molar-refractivity contribution in [2.24, 2.45) is 0 Å². The van der Waals surface area contributed by atoms with Crippen LogP contribution < -0.4 is 4.74 Å². The van der Waals surface area contributed by atoms with Crippen molar-refractivity contribution in [3.05, 3.63) is 53.6 Å². The molecule has 0 aliphatic rings. The molecule has 0 spiro atoms. The van der Waals surface area contributed by atoms with E-state index in [1.807, 2.05) is 57.2 Å². The fraction of sp³-hybridized carbons (Fsp3) is 0.278. The number of para-hydroxylation sites is 1. The number of hydrogen-bond acceptors (Lipinski definition) is 2. The molecule has 2 aromatic rings. The van der Waals surface area contributed by atoms with Crippen LogP contribution in [0.25, 0.3) is 11.1 Å². The third-order valence-electron chi connectivity index (χ3n) is 3.06. The maximum Gasteiger partial charge on any atom is 0.336 e. The lowest BCUT2D eigenvalue weighted by molar-refractivity contribution is 0.0697. The highest BCUT2D eigenvalue weighted by Gasteiger charge is 2.19. The van der Waals surface area contributed by atoms with Crippen LogP contribution in [-0.2, 0) is 5.33 Å². The lowest BCUT2D eigenvalue weighted by Crippen LogP contribution is -2.23. The summed E-state index contributed by atoms with van der Waals surface area (Å²) in [5.74, 6) is -0.257. The number of carboxylic acid groups (broad SMARTS) is 1. The SMILES string of the molecule is CC(C)(C)Oc1ccccc1-c1ccc(CBr)cc1C(=O)O. The summed E-state index contributed by atoms with van der Waals surface area (Å²) in [5, 5.41) is 10.1. The number of ether oxygens (including phenoxy) is 1. The molecule has 3 nitrogen and oxygen atoms in total.